The lowest BCUT2D eigenvalue weighted by molar-refractivity contribution is 0.0697. The zero-order valence-corrected chi connectivity index (χ0v) is 11.0. The third-order valence-corrected chi connectivity index (χ3v) is 3.28. The molecule has 1 aromatic rings. The molecular formula is C11H13BrN2O3. The minimum Gasteiger partial charge on any atom is -0.478 e. The molecule has 1 saturated heterocycles. The molecule has 1 atom stereocenters. The summed E-state index contributed by atoms with van der Waals surface area (Å²) in [7, 11) is 1.85. The molecular weight excluding hydrogens is 288 g/mol. The first-order valence-corrected chi connectivity index (χ1v) is 6.08. The lowest BCUT2D eigenvalue weighted by Gasteiger charge is -2.25. The quantitative estimate of drug-likeness (QED) is 0.922. The molecule has 0 spiro atoms. The van der Waals surface area contributed by atoms with E-state index in [-0.39, 0.29) is 11.6 Å². The average Bonchev–Trinajstić information content (AvgIpc) is 2.81. The maximum absolute atomic E-state index is 11.2. The number of carboxylic acid groups (broad SMARTS) is 1. The van der Waals surface area contributed by atoms with Crippen molar-refractivity contribution >= 4 is 27.7 Å². The molecule has 0 aromatic carbocycles. The molecule has 92 valence electrons. The largest absolute Gasteiger partial charge is 0.478 e. The molecule has 0 bridgehead atoms. The van der Waals surface area contributed by atoms with E-state index in [1.54, 1.807) is 12.3 Å². The van der Waals surface area contributed by atoms with Crippen LogP contribution in [0.3, 0.4) is 0 Å². The zero-order valence-electron chi connectivity index (χ0n) is 9.39. The van der Waals surface area contributed by atoms with Gasteiger partial charge in [-0.15, -0.1) is 0 Å². The van der Waals surface area contributed by atoms with Gasteiger partial charge in [-0.2, -0.15) is 0 Å². The number of likely N-dealkylation sites (N-methyl/N-ethyl adjacent to an activating group) is 1. The molecule has 0 amide bonds. The second kappa shape index (κ2) is 5.01. The first-order valence-electron chi connectivity index (χ1n) is 5.29. The van der Waals surface area contributed by atoms with Crippen LogP contribution in [0, 0.1) is 0 Å². The number of carboxylic acids is 1. The van der Waals surface area contributed by atoms with E-state index in [4.69, 9.17) is 9.84 Å². The summed E-state index contributed by atoms with van der Waals surface area (Å²) in [6, 6.07) is 1.76. The summed E-state index contributed by atoms with van der Waals surface area (Å²) < 4.78 is 5.96. The molecule has 0 radical (unpaired) electrons. The first-order chi connectivity index (χ1) is 8.09. The van der Waals surface area contributed by atoms with E-state index in [2.05, 4.69) is 20.9 Å². The highest BCUT2D eigenvalue weighted by atomic mass is 79.9. The maximum atomic E-state index is 11.2. The van der Waals surface area contributed by atoms with Crippen LogP contribution < -0.4 is 4.90 Å². The molecule has 6 heteroatoms. The fourth-order valence-corrected chi connectivity index (χ4v) is 2.20. The minimum atomic E-state index is -0.973. The van der Waals surface area contributed by atoms with Crippen molar-refractivity contribution < 1.29 is 14.6 Å². The Kier molecular flexibility index (Phi) is 3.63. The number of rotatable bonds is 3. The zero-order chi connectivity index (χ0) is 12.4. The first kappa shape index (κ1) is 12.3. The fourth-order valence-electron chi connectivity index (χ4n) is 1.87. The van der Waals surface area contributed by atoms with Gasteiger partial charge in [-0.05, 0) is 28.4 Å². The Morgan fingerprint density at radius 1 is 1.71 bits per heavy atom. The smallest absolute Gasteiger partial charge is 0.339 e. The Morgan fingerprint density at radius 2 is 2.47 bits per heavy atom. The number of pyridine rings is 1. The van der Waals surface area contributed by atoms with Gasteiger partial charge < -0.3 is 14.7 Å². The number of aromatic carboxylic acids is 1. The van der Waals surface area contributed by atoms with Crippen molar-refractivity contribution in [3.63, 3.8) is 0 Å². The van der Waals surface area contributed by atoms with Crippen LogP contribution in [0.5, 0.6) is 0 Å². The fraction of sp³-hybridized carbons (Fsp3) is 0.455. The van der Waals surface area contributed by atoms with Crippen LogP contribution in [0.1, 0.15) is 16.8 Å². The van der Waals surface area contributed by atoms with Gasteiger partial charge in [-0.1, -0.05) is 0 Å². The maximum Gasteiger partial charge on any atom is 0.339 e. The number of hydrogen-bond acceptors (Lipinski definition) is 4. The molecule has 1 aliphatic rings. The summed E-state index contributed by atoms with van der Waals surface area (Å²) in [6.07, 6.45) is 2.50. The van der Waals surface area contributed by atoms with Gasteiger partial charge in [0.15, 0.2) is 0 Å². The third-order valence-electron chi connectivity index (χ3n) is 2.85. The molecule has 1 aromatic heterocycles. The van der Waals surface area contributed by atoms with Gasteiger partial charge in [0.2, 0.25) is 0 Å². The van der Waals surface area contributed by atoms with Crippen LogP contribution in [0.15, 0.2) is 16.7 Å². The molecule has 1 fully saturated rings. The third kappa shape index (κ3) is 2.58. The lowest BCUT2D eigenvalue weighted by Crippen LogP contribution is -2.33. The van der Waals surface area contributed by atoms with Crippen LogP contribution in [0.2, 0.25) is 0 Å². The highest BCUT2D eigenvalue weighted by Gasteiger charge is 2.25. The average molecular weight is 301 g/mol. The van der Waals surface area contributed by atoms with Crippen molar-refractivity contribution in [3.05, 3.63) is 22.3 Å². The topological polar surface area (TPSA) is 62.7 Å². The Morgan fingerprint density at radius 3 is 3.06 bits per heavy atom. The Bertz CT molecular complexity index is 433. The number of halogens is 1. The number of anilines is 1. The number of hydrogen-bond donors (Lipinski definition) is 1. The Balaban J connectivity index is 2.33. The van der Waals surface area contributed by atoms with Crippen LogP contribution in [-0.4, -0.2) is 42.4 Å². The van der Waals surface area contributed by atoms with Crippen molar-refractivity contribution in [2.24, 2.45) is 0 Å². The standard InChI is InChI=1S/C11H13BrN2O3/c1-14(8-2-3-17-6-8)10-9(11(15)16)4-7(12)5-13-10/h4-5,8H,2-3,6H2,1H3,(H,15,16). The van der Waals surface area contributed by atoms with Gasteiger partial charge >= 0.3 is 5.97 Å². The van der Waals surface area contributed by atoms with E-state index in [1.165, 1.54) is 0 Å². The molecule has 0 aliphatic carbocycles. The van der Waals surface area contributed by atoms with Gasteiger partial charge in [0.25, 0.3) is 0 Å². The summed E-state index contributed by atoms with van der Waals surface area (Å²) in [5.74, 6) is -0.490. The van der Waals surface area contributed by atoms with E-state index in [0.717, 1.165) is 6.42 Å². The summed E-state index contributed by atoms with van der Waals surface area (Å²) in [5, 5.41) is 9.16. The Hall–Kier alpha value is -1.14. The van der Waals surface area contributed by atoms with Crippen molar-refractivity contribution in [2.75, 3.05) is 25.2 Å². The van der Waals surface area contributed by atoms with E-state index < -0.39 is 5.97 Å². The van der Waals surface area contributed by atoms with Gasteiger partial charge in [0.05, 0.1) is 12.6 Å². The number of ether oxygens (including phenoxy) is 1. The van der Waals surface area contributed by atoms with E-state index >= 15 is 0 Å². The minimum absolute atomic E-state index is 0.196. The molecule has 17 heavy (non-hydrogen) atoms. The van der Waals surface area contributed by atoms with Gasteiger partial charge in [-0.25, -0.2) is 9.78 Å². The molecule has 1 unspecified atom stereocenters. The molecule has 0 saturated carbocycles. The monoisotopic (exact) mass is 300 g/mol. The molecule has 2 heterocycles. The van der Waals surface area contributed by atoms with Crippen LogP contribution in [0.25, 0.3) is 0 Å². The molecule has 1 N–H and O–H groups in total. The second-order valence-electron chi connectivity index (χ2n) is 3.96. The van der Waals surface area contributed by atoms with Crippen LogP contribution >= 0.6 is 15.9 Å². The van der Waals surface area contributed by atoms with Crippen LogP contribution in [0.4, 0.5) is 5.82 Å². The van der Waals surface area contributed by atoms with Crippen molar-refractivity contribution in [1.29, 1.82) is 0 Å². The molecule has 1 aliphatic heterocycles. The summed E-state index contributed by atoms with van der Waals surface area (Å²) in [5.41, 5.74) is 0.203. The highest BCUT2D eigenvalue weighted by Crippen LogP contribution is 2.24. The van der Waals surface area contributed by atoms with Crippen molar-refractivity contribution in [2.45, 2.75) is 12.5 Å². The predicted octanol–water partition coefficient (Wildman–Crippen LogP) is 1.77. The molecule has 2 rings (SSSR count). The van der Waals surface area contributed by atoms with E-state index in [1.807, 2.05) is 11.9 Å². The van der Waals surface area contributed by atoms with E-state index in [9.17, 15) is 4.79 Å². The number of nitrogens with zero attached hydrogens (tertiary/aromatic N) is 2. The van der Waals surface area contributed by atoms with Crippen LogP contribution in [-0.2, 0) is 4.74 Å². The summed E-state index contributed by atoms with van der Waals surface area (Å²) in [6.45, 7) is 1.33. The van der Waals surface area contributed by atoms with Gasteiger partial charge in [0.1, 0.15) is 11.4 Å². The Labute approximate surface area is 108 Å². The van der Waals surface area contributed by atoms with E-state index in [0.29, 0.717) is 23.5 Å². The number of aromatic nitrogens is 1. The summed E-state index contributed by atoms with van der Waals surface area (Å²) in [4.78, 5) is 17.2. The highest BCUT2D eigenvalue weighted by molar-refractivity contribution is 9.10. The van der Waals surface area contributed by atoms with Crippen molar-refractivity contribution in [1.82, 2.24) is 4.98 Å². The SMILES string of the molecule is CN(c1ncc(Br)cc1C(=O)O)C1CCOC1. The predicted molar refractivity (Wildman–Crippen MR) is 66.5 cm³/mol. The summed E-state index contributed by atoms with van der Waals surface area (Å²) >= 11 is 3.23. The lowest BCUT2D eigenvalue weighted by atomic mass is 10.2. The van der Waals surface area contributed by atoms with Crippen molar-refractivity contribution in [3.8, 4) is 0 Å². The van der Waals surface area contributed by atoms with Gasteiger partial charge in [0, 0.05) is 24.3 Å². The normalized spacial score (nSPS) is 19.3. The number of carbonyl (C=O) groups is 1. The van der Waals surface area contributed by atoms with Gasteiger partial charge in [-0.3, -0.25) is 0 Å². The second-order valence-corrected chi connectivity index (χ2v) is 4.87. The molecule has 5 nitrogen and oxygen atoms in total.